The summed E-state index contributed by atoms with van der Waals surface area (Å²) < 4.78 is 5.68. The molecule has 2 heterocycles. The highest BCUT2D eigenvalue weighted by molar-refractivity contribution is 7.14. The van der Waals surface area contributed by atoms with Crippen LogP contribution in [0.4, 0.5) is 0 Å². The van der Waals surface area contributed by atoms with Crippen molar-refractivity contribution in [3.63, 3.8) is 0 Å². The number of rotatable bonds is 2. The molecule has 2 nitrogen and oxygen atoms in total. The van der Waals surface area contributed by atoms with Gasteiger partial charge in [-0.15, -0.1) is 11.3 Å². The summed E-state index contributed by atoms with van der Waals surface area (Å²) >= 11 is 1.50. The molecule has 3 rings (SSSR count). The molecule has 2 aromatic heterocycles. The van der Waals surface area contributed by atoms with Crippen molar-refractivity contribution in [1.82, 2.24) is 0 Å². The second-order valence-electron chi connectivity index (χ2n) is 4.34. The Morgan fingerprint density at radius 1 is 1.17 bits per heavy atom. The summed E-state index contributed by atoms with van der Waals surface area (Å²) in [5.41, 5.74) is 1.85. The Morgan fingerprint density at radius 2 is 2.00 bits per heavy atom. The number of carbonyl (C=O) groups excluding carboxylic acids is 1. The molecule has 0 bridgehead atoms. The monoisotopic (exact) mass is 256 g/mol. The molecule has 90 valence electrons. The van der Waals surface area contributed by atoms with Gasteiger partial charge in [0.1, 0.15) is 5.58 Å². The van der Waals surface area contributed by atoms with E-state index in [9.17, 15) is 4.79 Å². The van der Waals surface area contributed by atoms with Crippen molar-refractivity contribution in [2.24, 2.45) is 0 Å². The Morgan fingerprint density at radius 3 is 2.67 bits per heavy atom. The Balaban J connectivity index is 2.10. The smallest absolute Gasteiger partial charge is 0.238 e. The molecule has 1 aromatic carbocycles. The van der Waals surface area contributed by atoms with Crippen LogP contribution in [-0.4, -0.2) is 5.78 Å². The van der Waals surface area contributed by atoms with Gasteiger partial charge in [-0.1, -0.05) is 18.2 Å². The van der Waals surface area contributed by atoms with E-state index in [0.717, 1.165) is 26.3 Å². The minimum absolute atomic E-state index is 0.0382. The number of hydrogen-bond acceptors (Lipinski definition) is 3. The third-order valence-electron chi connectivity index (χ3n) is 2.93. The van der Waals surface area contributed by atoms with E-state index in [0.29, 0.717) is 5.76 Å². The standard InChI is InChI=1S/C15H12O2S/c1-9-4-3-5-11-8-12(17-15(9)11)14(16)13-7-6-10(2)18-13/h3-8H,1-2H3. The Kier molecular flexibility index (Phi) is 2.56. The van der Waals surface area contributed by atoms with Gasteiger partial charge < -0.3 is 4.42 Å². The quantitative estimate of drug-likeness (QED) is 0.638. The van der Waals surface area contributed by atoms with Crippen LogP contribution in [0.25, 0.3) is 11.0 Å². The van der Waals surface area contributed by atoms with Gasteiger partial charge in [-0.25, -0.2) is 0 Å². The van der Waals surface area contributed by atoms with E-state index in [1.165, 1.54) is 11.3 Å². The zero-order valence-electron chi connectivity index (χ0n) is 10.2. The van der Waals surface area contributed by atoms with Gasteiger partial charge in [0, 0.05) is 10.3 Å². The number of para-hydroxylation sites is 1. The number of hydrogen-bond donors (Lipinski definition) is 0. The molecule has 3 heteroatoms. The van der Waals surface area contributed by atoms with Gasteiger partial charge in [-0.05, 0) is 37.6 Å². The van der Waals surface area contributed by atoms with E-state index in [4.69, 9.17) is 4.42 Å². The van der Waals surface area contributed by atoms with E-state index < -0.39 is 0 Å². The van der Waals surface area contributed by atoms with Crippen molar-refractivity contribution in [2.45, 2.75) is 13.8 Å². The number of ketones is 1. The van der Waals surface area contributed by atoms with Gasteiger partial charge in [0.25, 0.3) is 0 Å². The normalized spacial score (nSPS) is 11.0. The van der Waals surface area contributed by atoms with Gasteiger partial charge >= 0.3 is 0 Å². The molecular formula is C15H12O2S. The predicted molar refractivity (Wildman–Crippen MR) is 73.4 cm³/mol. The molecule has 0 aliphatic heterocycles. The topological polar surface area (TPSA) is 30.2 Å². The molecule has 0 aliphatic carbocycles. The average molecular weight is 256 g/mol. The summed E-state index contributed by atoms with van der Waals surface area (Å²) in [5.74, 6) is 0.379. The molecule has 0 radical (unpaired) electrons. The minimum Gasteiger partial charge on any atom is -0.452 e. The summed E-state index contributed by atoms with van der Waals surface area (Å²) in [6.45, 7) is 3.97. The fourth-order valence-electron chi connectivity index (χ4n) is 2.00. The first-order chi connectivity index (χ1) is 8.65. The first-order valence-corrected chi connectivity index (χ1v) is 6.57. The maximum atomic E-state index is 12.3. The second kappa shape index (κ2) is 4.10. The highest BCUT2D eigenvalue weighted by atomic mass is 32.1. The van der Waals surface area contributed by atoms with Crippen LogP contribution in [0.3, 0.4) is 0 Å². The minimum atomic E-state index is -0.0382. The van der Waals surface area contributed by atoms with Crippen molar-refractivity contribution in [3.05, 3.63) is 57.5 Å². The summed E-state index contributed by atoms with van der Waals surface area (Å²) in [4.78, 5) is 14.1. The highest BCUT2D eigenvalue weighted by Crippen LogP contribution is 2.26. The van der Waals surface area contributed by atoms with Gasteiger partial charge in [-0.2, -0.15) is 0 Å². The summed E-state index contributed by atoms with van der Waals surface area (Å²) in [5, 5.41) is 0.978. The van der Waals surface area contributed by atoms with Crippen molar-refractivity contribution in [1.29, 1.82) is 0 Å². The van der Waals surface area contributed by atoms with Crippen LogP contribution >= 0.6 is 11.3 Å². The highest BCUT2D eigenvalue weighted by Gasteiger charge is 2.16. The van der Waals surface area contributed by atoms with Crippen molar-refractivity contribution >= 4 is 28.1 Å². The Hall–Kier alpha value is -1.87. The molecule has 0 atom stereocenters. The number of benzene rings is 1. The molecule has 18 heavy (non-hydrogen) atoms. The maximum Gasteiger partial charge on any atom is 0.238 e. The third kappa shape index (κ3) is 1.77. The molecule has 0 amide bonds. The van der Waals surface area contributed by atoms with E-state index in [1.807, 2.05) is 50.2 Å². The van der Waals surface area contributed by atoms with Crippen LogP contribution in [0.1, 0.15) is 25.9 Å². The molecule has 0 spiro atoms. The van der Waals surface area contributed by atoms with Crippen LogP contribution in [-0.2, 0) is 0 Å². The van der Waals surface area contributed by atoms with Crippen LogP contribution in [0, 0.1) is 13.8 Å². The third-order valence-corrected chi connectivity index (χ3v) is 3.93. The van der Waals surface area contributed by atoms with E-state index in [-0.39, 0.29) is 5.78 Å². The van der Waals surface area contributed by atoms with E-state index >= 15 is 0 Å². The second-order valence-corrected chi connectivity index (χ2v) is 5.63. The lowest BCUT2D eigenvalue weighted by molar-refractivity contribution is 0.101. The molecule has 0 fully saturated rings. The summed E-state index contributed by atoms with van der Waals surface area (Å²) in [6, 6.07) is 11.5. The van der Waals surface area contributed by atoms with E-state index in [2.05, 4.69) is 0 Å². The fourth-order valence-corrected chi connectivity index (χ4v) is 2.81. The molecule has 0 N–H and O–H groups in total. The van der Waals surface area contributed by atoms with Gasteiger partial charge in [0.05, 0.1) is 4.88 Å². The molecule has 0 aliphatic rings. The molecule has 3 aromatic rings. The van der Waals surface area contributed by atoms with Crippen LogP contribution < -0.4 is 0 Å². The summed E-state index contributed by atoms with van der Waals surface area (Å²) in [7, 11) is 0. The zero-order chi connectivity index (χ0) is 12.7. The molecule has 0 unspecified atom stereocenters. The predicted octanol–water partition coefficient (Wildman–Crippen LogP) is 4.34. The van der Waals surface area contributed by atoms with E-state index in [1.54, 1.807) is 0 Å². The fraction of sp³-hybridized carbons (Fsp3) is 0.133. The van der Waals surface area contributed by atoms with Crippen LogP contribution in [0.15, 0.2) is 40.8 Å². The van der Waals surface area contributed by atoms with Gasteiger partial charge in [-0.3, -0.25) is 4.79 Å². The first-order valence-electron chi connectivity index (χ1n) is 5.75. The number of carbonyl (C=O) groups is 1. The van der Waals surface area contributed by atoms with Crippen molar-refractivity contribution in [2.75, 3.05) is 0 Å². The SMILES string of the molecule is Cc1ccc(C(=O)c2cc3cccc(C)c3o2)s1. The molecular weight excluding hydrogens is 244 g/mol. The van der Waals surface area contributed by atoms with Crippen LogP contribution in [0.5, 0.6) is 0 Å². The first kappa shape index (κ1) is 11.2. The Labute approximate surface area is 109 Å². The average Bonchev–Trinajstić information content (AvgIpc) is 2.95. The maximum absolute atomic E-state index is 12.3. The van der Waals surface area contributed by atoms with Crippen molar-refractivity contribution < 1.29 is 9.21 Å². The molecule has 0 saturated heterocycles. The lowest BCUT2D eigenvalue weighted by Gasteiger charge is -1.93. The lowest BCUT2D eigenvalue weighted by Crippen LogP contribution is -1.95. The molecule has 0 saturated carbocycles. The number of furan rings is 1. The van der Waals surface area contributed by atoms with Crippen LogP contribution in [0.2, 0.25) is 0 Å². The largest absolute Gasteiger partial charge is 0.452 e. The lowest BCUT2D eigenvalue weighted by atomic mass is 10.1. The summed E-state index contributed by atoms with van der Waals surface area (Å²) in [6.07, 6.45) is 0. The zero-order valence-corrected chi connectivity index (χ0v) is 11.0. The number of aryl methyl sites for hydroxylation is 2. The van der Waals surface area contributed by atoms with Gasteiger partial charge in [0.15, 0.2) is 5.76 Å². The van der Waals surface area contributed by atoms with Crippen molar-refractivity contribution in [3.8, 4) is 0 Å². The number of thiophene rings is 1. The number of fused-ring (bicyclic) bond motifs is 1. The van der Waals surface area contributed by atoms with Gasteiger partial charge in [0.2, 0.25) is 5.78 Å². The Bertz CT molecular complexity index is 734.